The van der Waals surface area contributed by atoms with E-state index in [-0.39, 0.29) is 11.5 Å². The summed E-state index contributed by atoms with van der Waals surface area (Å²) >= 11 is 0. The van der Waals surface area contributed by atoms with Gasteiger partial charge in [-0.2, -0.15) is 0 Å². The van der Waals surface area contributed by atoms with E-state index in [4.69, 9.17) is 23.7 Å². The van der Waals surface area contributed by atoms with Crippen molar-refractivity contribution in [1.29, 1.82) is 0 Å². The van der Waals surface area contributed by atoms with Crippen molar-refractivity contribution in [1.82, 2.24) is 0 Å². The predicted molar refractivity (Wildman–Crippen MR) is 86.8 cm³/mol. The number of hydrogen-bond donors (Lipinski definition) is 0. The zero-order valence-corrected chi connectivity index (χ0v) is 14.1. The molecule has 0 aliphatic carbocycles. The van der Waals surface area contributed by atoms with Gasteiger partial charge in [-0.05, 0) is 5.56 Å². The molecule has 3 atom stereocenters. The van der Waals surface area contributed by atoms with E-state index < -0.39 is 12.6 Å². The molecule has 1 aromatic carbocycles. The average Bonchev–Trinajstić information content (AvgIpc) is 2.59. The first-order chi connectivity index (χ1) is 11.1. The topological polar surface area (TPSA) is 46.2 Å². The fraction of sp³-hybridized carbons (Fsp3) is 0.556. The fourth-order valence-electron chi connectivity index (χ4n) is 2.45. The van der Waals surface area contributed by atoms with Crippen LogP contribution in [0.4, 0.5) is 0 Å². The van der Waals surface area contributed by atoms with E-state index in [1.54, 1.807) is 14.2 Å². The van der Waals surface area contributed by atoms with Crippen molar-refractivity contribution in [2.24, 2.45) is 5.41 Å². The van der Waals surface area contributed by atoms with Crippen LogP contribution in [0.2, 0.25) is 0 Å². The molecule has 0 aromatic heterocycles. The van der Waals surface area contributed by atoms with Crippen LogP contribution in [0.1, 0.15) is 12.5 Å². The molecule has 5 nitrogen and oxygen atoms in total. The van der Waals surface area contributed by atoms with Gasteiger partial charge in [-0.1, -0.05) is 43.3 Å². The number of methoxy groups -OCH3 is 2. The number of rotatable bonds is 8. The Morgan fingerprint density at radius 1 is 1.30 bits per heavy atom. The molecule has 1 aliphatic rings. The molecule has 0 N–H and O–H groups in total. The Labute approximate surface area is 138 Å². The first-order valence-corrected chi connectivity index (χ1v) is 7.71. The summed E-state index contributed by atoms with van der Waals surface area (Å²) in [5, 5.41) is 0. The van der Waals surface area contributed by atoms with Gasteiger partial charge in [0.1, 0.15) is 0 Å². The Balaban J connectivity index is 1.95. The van der Waals surface area contributed by atoms with Crippen molar-refractivity contribution in [3.63, 3.8) is 0 Å². The van der Waals surface area contributed by atoms with Crippen LogP contribution in [0.3, 0.4) is 0 Å². The highest BCUT2D eigenvalue weighted by Gasteiger charge is 2.42. The molecule has 1 aliphatic heterocycles. The molecule has 1 saturated heterocycles. The summed E-state index contributed by atoms with van der Waals surface area (Å²) in [4.78, 5) is 0. The molecule has 0 saturated carbocycles. The van der Waals surface area contributed by atoms with Crippen molar-refractivity contribution >= 4 is 0 Å². The summed E-state index contributed by atoms with van der Waals surface area (Å²) in [6, 6.07) is 10.0. The quantitative estimate of drug-likeness (QED) is 0.544. The lowest BCUT2D eigenvalue weighted by molar-refractivity contribution is -0.333. The minimum absolute atomic E-state index is 0.185. The third-order valence-corrected chi connectivity index (χ3v) is 4.13. The highest BCUT2D eigenvalue weighted by Crippen LogP contribution is 2.33. The van der Waals surface area contributed by atoms with E-state index in [0.717, 1.165) is 5.56 Å². The molecular formula is C18H26O5. The molecule has 1 heterocycles. The van der Waals surface area contributed by atoms with Crippen LogP contribution < -0.4 is 0 Å². The minimum atomic E-state index is -0.580. The van der Waals surface area contributed by atoms with Gasteiger partial charge in [0.05, 0.1) is 25.9 Å². The maximum Gasteiger partial charge on any atom is 0.209 e. The molecule has 2 rings (SSSR count). The molecule has 1 fully saturated rings. The molecule has 0 amide bonds. The zero-order valence-electron chi connectivity index (χ0n) is 14.1. The van der Waals surface area contributed by atoms with Crippen molar-refractivity contribution in [2.75, 3.05) is 27.4 Å². The Kier molecular flexibility index (Phi) is 6.74. The standard InChI is InChI=1S/C18H26O5/c1-5-18(2)13-22-17(16(19-3)20-4)23-15(18)12-21-11-14-9-7-6-8-10-14/h5-10,15-17H,1,11-13H2,2-4H3/t15-,17+,18+/m1/s1. The van der Waals surface area contributed by atoms with Crippen LogP contribution in [-0.2, 0) is 30.3 Å². The van der Waals surface area contributed by atoms with Gasteiger partial charge in [0, 0.05) is 19.6 Å². The summed E-state index contributed by atoms with van der Waals surface area (Å²) < 4.78 is 28.0. The van der Waals surface area contributed by atoms with Gasteiger partial charge < -0.3 is 23.7 Å². The third-order valence-electron chi connectivity index (χ3n) is 4.13. The highest BCUT2D eigenvalue weighted by atomic mass is 16.8. The Morgan fingerprint density at radius 3 is 2.61 bits per heavy atom. The normalized spacial score (nSPS) is 28.0. The molecular weight excluding hydrogens is 296 g/mol. The molecule has 0 spiro atoms. The van der Waals surface area contributed by atoms with E-state index in [9.17, 15) is 0 Å². The summed E-state index contributed by atoms with van der Waals surface area (Å²) in [6.45, 7) is 7.40. The lowest BCUT2D eigenvalue weighted by atomic mass is 9.84. The number of benzene rings is 1. The van der Waals surface area contributed by atoms with Crippen molar-refractivity contribution in [3.05, 3.63) is 48.6 Å². The van der Waals surface area contributed by atoms with Crippen LogP contribution in [0.5, 0.6) is 0 Å². The van der Waals surface area contributed by atoms with Crippen LogP contribution >= 0.6 is 0 Å². The summed E-state index contributed by atoms with van der Waals surface area (Å²) in [7, 11) is 3.12. The Morgan fingerprint density at radius 2 is 2.00 bits per heavy atom. The SMILES string of the molecule is C=C[C@@]1(C)CO[C@H](C(OC)OC)O[C@@H]1COCc1ccccc1. The van der Waals surface area contributed by atoms with Crippen molar-refractivity contribution in [2.45, 2.75) is 32.2 Å². The van der Waals surface area contributed by atoms with E-state index in [2.05, 4.69) is 6.58 Å². The van der Waals surface area contributed by atoms with Crippen LogP contribution in [-0.4, -0.2) is 46.1 Å². The first kappa shape index (κ1) is 18.1. The maximum absolute atomic E-state index is 6.01. The first-order valence-electron chi connectivity index (χ1n) is 7.71. The maximum atomic E-state index is 6.01. The van der Waals surface area contributed by atoms with Crippen LogP contribution in [0.25, 0.3) is 0 Å². The van der Waals surface area contributed by atoms with Gasteiger partial charge >= 0.3 is 0 Å². The van der Waals surface area contributed by atoms with Crippen molar-refractivity contribution in [3.8, 4) is 0 Å². The van der Waals surface area contributed by atoms with Crippen LogP contribution in [0, 0.1) is 5.41 Å². The fourth-order valence-corrected chi connectivity index (χ4v) is 2.45. The van der Waals surface area contributed by atoms with Gasteiger partial charge in [0.2, 0.25) is 12.6 Å². The minimum Gasteiger partial charge on any atom is -0.374 e. The Bertz CT molecular complexity index is 474. The molecule has 5 heteroatoms. The number of ether oxygens (including phenoxy) is 5. The largest absolute Gasteiger partial charge is 0.374 e. The second-order valence-corrected chi connectivity index (χ2v) is 5.85. The molecule has 128 valence electrons. The van der Waals surface area contributed by atoms with Gasteiger partial charge in [-0.3, -0.25) is 0 Å². The zero-order chi connectivity index (χ0) is 16.7. The third kappa shape index (κ3) is 4.62. The van der Waals surface area contributed by atoms with Gasteiger partial charge in [0.15, 0.2) is 0 Å². The van der Waals surface area contributed by atoms with Gasteiger partial charge in [0.25, 0.3) is 0 Å². The predicted octanol–water partition coefficient (Wildman–Crippen LogP) is 2.76. The Hall–Kier alpha value is -1.24. The van der Waals surface area contributed by atoms with E-state index >= 15 is 0 Å². The lowest BCUT2D eigenvalue weighted by Gasteiger charge is -2.43. The van der Waals surface area contributed by atoms with Crippen LogP contribution in [0.15, 0.2) is 43.0 Å². The molecule has 0 bridgehead atoms. The average molecular weight is 322 g/mol. The van der Waals surface area contributed by atoms with E-state index in [1.165, 1.54) is 0 Å². The van der Waals surface area contributed by atoms with E-state index in [1.807, 2.05) is 43.3 Å². The monoisotopic (exact) mass is 322 g/mol. The summed E-state index contributed by atoms with van der Waals surface area (Å²) in [5.41, 5.74) is 0.808. The molecule has 23 heavy (non-hydrogen) atoms. The smallest absolute Gasteiger partial charge is 0.209 e. The van der Waals surface area contributed by atoms with Gasteiger partial charge in [-0.15, -0.1) is 6.58 Å². The second kappa shape index (κ2) is 8.57. The van der Waals surface area contributed by atoms with E-state index in [0.29, 0.717) is 19.8 Å². The number of hydrogen-bond acceptors (Lipinski definition) is 5. The summed E-state index contributed by atoms with van der Waals surface area (Å²) in [6.07, 6.45) is 0.522. The van der Waals surface area contributed by atoms with Gasteiger partial charge in [-0.25, -0.2) is 0 Å². The van der Waals surface area contributed by atoms with Crippen molar-refractivity contribution < 1.29 is 23.7 Å². The lowest BCUT2D eigenvalue weighted by Crippen LogP contribution is -2.52. The second-order valence-electron chi connectivity index (χ2n) is 5.85. The molecule has 0 radical (unpaired) electrons. The molecule has 0 unspecified atom stereocenters. The summed E-state index contributed by atoms with van der Waals surface area (Å²) in [5.74, 6) is 0. The highest BCUT2D eigenvalue weighted by molar-refractivity contribution is 5.13. The molecule has 1 aromatic rings.